The van der Waals surface area contributed by atoms with Gasteiger partial charge in [-0.05, 0) is 30.5 Å². The summed E-state index contributed by atoms with van der Waals surface area (Å²) in [5.74, 6) is -2.37. The van der Waals surface area contributed by atoms with Gasteiger partial charge in [-0.25, -0.2) is 12.8 Å². The second-order valence-corrected chi connectivity index (χ2v) is 6.84. The van der Waals surface area contributed by atoms with E-state index in [-0.39, 0.29) is 17.4 Å². The van der Waals surface area contributed by atoms with Gasteiger partial charge in [0.15, 0.2) is 0 Å². The first-order valence-corrected chi connectivity index (χ1v) is 7.69. The lowest BCUT2D eigenvalue weighted by atomic mass is 10.1. The summed E-state index contributed by atoms with van der Waals surface area (Å²) in [5, 5.41) is 9.06. The van der Waals surface area contributed by atoms with E-state index >= 15 is 0 Å². The maximum Gasteiger partial charge on any atom is 0.321 e. The number of carboxylic acids is 1. The van der Waals surface area contributed by atoms with Crippen molar-refractivity contribution < 1.29 is 22.7 Å². The Morgan fingerprint density at radius 1 is 1.45 bits per heavy atom. The zero-order chi connectivity index (χ0) is 15.5. The fourth-order valence-corrected chi connectivity index (χ4v) is 3.03. The van der Waals surface area contributed by atoms with Gasteiger partial charge in [-0.3, -0.25) is 4.79 Å². The van der Waals surface area contributed by atoms with E-state index in [0.717, 1.165) is 12.1 Å². The van der Waals surface area contributed by atoms with Gasteiger partial charge in [0.25, 0.3) is 0 Å². The van der Waals surface area contributed by atoms with E-state index in [9.17, 15) is 17.6 Å². The molecule has 0 saturated heterocycles. The molecule has 0 spiro atoms. The molecule has 0 amide bonds. The SMILES string of the molecule is CC(C)C[C@H](NS(=O)(=O)c1ccc(Cl)cc1F)C(=O)O. The van der Waals surface area contributed by atoms with E-state index in [4.69, 9.17) is 16.7 Å². The van der Waals surface area contributed by atoms with E-state index in [1.807, 2.05) is 4.72 Å². The second kappa shape index (κ2) is 6.51. The van der Waals surface area contributed by atoms with Crippen LogP contribution in [0.3, 0.4) is 0 Å². The Kier molecular flexibility index (Phi) is 5.50. The van der Waals surface area contributed by atoms with Crippen molar-refractivity contribution in [3.05, 3.63) is 29.0 Å². The van der Waals surface area contributed by atoms with E-state index < -0.39 is 32.7 Å². The van der Waals surface area contributed by atoms with Gasteiger partial charge < -0.3 is 5.11 Å². The molecular formula is C12H15ClFNO4S. The third kappa shape index (κ3) is 4.43. The molecule has 1 rings (SSSR count). The quantitative estimate of drug-likeness (QED) is 0.841. The number of benzene rings is 1. The molecule has 5 nitrogen and oxygen atoms in total. The summed E-state index contributed by atoms with van der Waals surface area (Å²) in [6.45, 7) is 3.51. The van der Waals surface area contributed by atoms with Gasteiger partial charge in [0, 0.05) is 5.02 Å². The predicted molar refractivity (Wildman–Crippen MR) is 72.6 cm³/mol. The van der Waals surface area contributed by atoms with Crippen molar-refractivity contribution in [1.29, 1.82) is 0 Å². The topological polar surface area (TPSA) is 83.5 Å². The van der Waals surface area contributed by atoms with Crippen LogP contribution in [-0.4, -0.2) is 25.5 Å². The van der Waals surface area contributed by atoms with Crippen LogP contribution < -0.4 is 4.72 Å². The van der Waals surface area contributed by atoms with Crippen LogP contribution in [0, 0.1) is 11.7 Å². The van der Waals surface area contributed by atoms with Crippen LogP contribution in [-0.2, 0) is 14.8 Å². The monoisotopic (exact) mass is 323 g/mol. The maximum atomic E-state index is 13.6. The van der Waals surface area contributed by atoms with Crippen LogP contribution >= 0.6 is 11.6 Å². The molecule has 0 heterocycles. The van der Waals surface area contributed by atoms with Gasteiger partial charge in [-0.2, -0.15) is 4.72 Å². The number of carbonyl (C=O) groups is 1. The minimum absolute atomic E-state index is 0.0335. The first-order chi connectivity index (χ1) is 9.13. The average Bonchev–Trinajstić information content (AvgIpc) is 2.26. The van der Waals surface area contributed by atoms with E-state index in [2.05, 4.69) is 0 Å². The van der Waals surface area contributed by atoms with Crippen molar-refractivity contribution >= 4 is 27.6 Å². The summed E-state index contributed by atoms with van der Waals surface area (Å²) in [4.78, 5) is 10.4. The third-order valence-electron chi connectivity index (χ3n) is 2.49. The Morgan fingerprint density at radius 3 is 2.50 bits per heavy atom. The molecule has 0 radical (unpaired) electrons. The molecule has 0 saturated carbocycles. The smallest absolute Gasteiger partial charge is 0.321 e. The van der Waals surface area contributed by atoms with Crippen molar-refractivity contribution in [3.63, 3.8) is 0 Å². The molecule has 2 N–H and O–H groups in total. The number of halogens is 2. The highest BCUT2D eigenvalue weighted by Crippen LogP contribution is 2.19. The summed E-state index contributed by atoms with van der Waals surface area (Å²) < 4.78 is 39.6. The number of rotatable bonds is 6. The van der Waals surface area contributed by atoms with E-state index in [1.165, 1.54) is 6.07 Å². The number of nitrogens with one attached hydrogen (secondary N) is 1. The Balaban J connectivity index is 3.06. The molecule has 0 bridgehead atoms. The predicted octanol–water partition coefficient (Wildman–Crippen LogP) is 2.26. The van der Waals surface area contributed by atoms with Crippen LogP contribution in [0.1, 0.15) is 20.3 Å². The molecule has 0 aromatic heterocycles. The largest absolute Gasteiger partial charge is 0.480 e. The second-order valence-electron chi connectivity index (χ2n) is 4.72. The van der Waals surface area contributed by atoms with E-state index in [0.29, 0.717) is 0 Å². The number of sulfonamides is 1. The lowest BCUT2D eigenvalue weighted by Gasteiger charge is -2.16. The molecule has 0 unspecified atom stereocenters. The molecule has 1 aromatic carbocycles. The highest BCUT2D eigenvalue weighted by atomic mass is 35.5. The van der Waals surface area contributed by atoms with Crippen molar-refractivity contribution in [2.24, 2.45) is 5.92 Å². The van der Waals surface area contributed by atoms with Gasteiger partial charge in [-0.15, -0.1) is 0 Å². The van der Waals surface area contributed by atoms with Gasteiger partial charge >= 0.3 is 5.97 Å². The molecule has 0 aliphatic heterocycles. The molecule has 1 atom stereocenters. The highest BCUT2D eigenvalue weighted by Gasteiger charge is 2.28. The number of hydrogen-bond acceptors (Lipinski definition) is 3. The van der Waals surface area contributed by atoms with Crippen molar-refractivity contribution in [3.8, 4) is 0 Å². The standard InChI is InChI=1S/C12H15ClFNO4S/c1-7(2)5-10(12(16)17)15-20(18,19)11-4-3-8(13)6-9(11)14/h3-4,6-7,10,15H,5H2,1-2H3,(H,16,17)/t10-/m0/s1. The van der Waals surface area contributed by atoms with Crippen molar-refractivity contribution in [2.45, 2.75) is 31.2 Å². The first-order valence-electron chi connectivity index (χ1n) is 5.83. The lowest BCUT2D eigenvalue weighted by Crippen LogP contribution is -2.41. The number of hydrogen-bond donors (Lipinski definition) is 2. The van der Waals surface area contributed by atoms with Gasteiger partial charge in [0.05, 0.1) is 0 Å². The van der Waals surface area contributed by atoms with E-state index in [1.54, 1.807) is 13.8 Å². The minimum atomic E-state index is -4.26. The van der Waals surface area contributed by atoms with Crippen molar-refractivity contribution in [1.82, 2.24) is 4.72 Å². The fourth-order valence-electron chi connectivity index (χ4n) is 1.61. The van der Waals surface area contributed by atoms with Crippen LogP contribution in [0.5, 0.6) is 0 Å². The van der Waals surface area contributed by atoms with Crippen LogP contribution in [0.25, 0.3) is 0 Å². The molecule has 20 heavy (non-hydrogen) atoms. The summed E-state index contributed by atoms with van der Waals surface area (Å²) >= 11 is 5.54. The molecular weight excluding hydrogens is 309 g/mol. The molecule has 0 fully saturated rings. The molecule has 0 aliphatic rings. The lowest BCUT2D eigenvalue weighted by molar-refractivity contribution is -0.139. The highest BCUT2D eigenvalue weighted by molar-refractivity contribution is 7.89. The fraction of sp³-hybridized carbons (Fsp3) is 0.417. The Morgan fingerprint density at radius 2 is 2.05 bits per heavy atom. The van der Waals surface area contributed by atoms with Crippen molar-refractivity contribution in [2.75, 3.05) is 0 Å². The summed E-state index contributed by atoms with van der Waals surface area (Å²) in [6, 6.07) is 1.76. The Hall–Kier alpha value is -1.18. The van der Waals surface area contributed by atoms with Crippen LogP contribution in [0.15, 0.2) is 23.1 Å². The minimum Gasteiger partial charge on any atom is -0.480 e. The molecule has 0 aliphatic carbocycles. The third-order valence-corrected chi connectivity index (χ3v) is 4.23. The zero-order valence-corrected chi connectivity index (χ0v) is 12.5. The molecule has 1 aromatic rings. The van der Waals surface area contributed by atoms with Crippen LogP contribution in [0.4, 0.5) is 4.39 Å². The average molecular weight is 324 g/mol. The van der Waals surface area contributed by atoms with Gasteiger partial charge in [0.2, 0.25) is 10.0 Å². The first kappa shape index (κ1) is 16.9. The Bertz CT molecular complexity index is 603. The number of carboxylic acid groups (broad SMARTS) is 1. The normalized spacial score (nSPS) is 13.4. The summed E-state index contributed by atoms with van der Waals surface area (Å²) in [5.41, 5.74) is 0. The van der Waals surface area contributed by atoms with Crippen LogP contribution in [0.2, 0.25) is 5.02 Å². The van der Waals surface area contributed by atoms with Gasteiger partial charge in [-0.1, -0.05) is 25.4 Å². The molecule has 112 valence electrons. The zero-order valence-electron chi connectivity index (χ0n) is 10.9. The van der Waals surface area contributed by atoms with Gasteiger partial charge in [0.1, 0.15) is 16.8 Å². The summed E-state index contributed by atoms with van der Waals surface area (Å²) in [7, 11) is -4.26. The number of aliphatic carboxylic acids is 1. The Labute approximate surface area is 121 Å². The summed E-state index contributed by atoms with van der Waals surface area (Å²) in [6.07, 6.45) is 0.101. The maximum absolute atomic E-state index is 13.6. The molecule has 8 heteroatoms.